The van der Waals surface area contributed by atoms with Crippen molar-refractivity contribution >= 4 is 17.3 Å². The summed E-state index contributed by atoms with van der Waals surface area (Å²) in [5.74, 6) is -0.445. The summed E-state index contributed by atoms with van der Waals surface area (Å²) in [5, 5.41) is 12.3. The normalized spacial score (nSPS) is 13.0. The van der Waals surface area contributed by atoms with Crippen molar-refractivity contribution in [2.75, 3.05) is 5.01 Å². The van der Waals surface area contributed by atoms with Crippen LogP contribution in [-0.2, 0) is 6.54 Å². The van der Waals surface area contributed by atoms with Crippen molar-refractivity contribution in [1.29, 1.82) is 0 Å². The van der Waals surface area contributed by atoms with Crippen molar-refractivity contribution in [3.63, 3.8) is 0 Å². The molecule has 1 amide bonds. The molecule has 0 unspecified atom stereocenters. The van der Waals surface area contributed by atoms with Crippen LogP contribution in [0.4, 0.5) is 11.4 Å². The van der Waals surface area contributed by atoms with E-state index in [4.69, 9.17) is 0 Å². The number of hydrogen-bond acceptors (Lipinski definition) is 4. The number of nitrogens with zero attached hydrogens (tertiary/aromatic N) is 3. The van der Waals surface area contributed by atoms with Crippen LogP contribution < -0.4 is 10.4 Å². The predicted octanol–water partition coefficient (Wildman–Crippen LogP) is 2.27. The highest BCUT2D eigenvalue weighted by Crippen LogP contribution is 2.30. The zero-order valence-electron chi connectivity index (χ0n) is 10.4. The Morgan fingerprint density at radius 2 is 1.90 bits per heavy atom. The van der Waals surface area contributed by atoms with Crippen LogP contribution in [-0.4, -0.2) is 10.8 Å². The minimum atomic E-state index is -0.520. The number of non-ortho nitro benzene ring substituents is 1. The minimum Gasteiger partial charge on any atom is -0.265 e. The maximum Gasteiger partial charge on any atom is 0.296 e. The molecule has 0 fully saturated rings. The van der Waals surface area contributed by atoms with Gasteiger partial charge in [0, 0.05) is 12.1 Å². The Hall–Kier alpha value is -2.89. The molecule has 0 atom stereocenters. The number of nitro groups is 1. The maximum atomic E-state index is 11.8. The van der Waals surface area contributed by atoms with Gasteiger partial charge in [-0.3, -0.25) is 19.9 Å². The summed E-state index contributed by atoms with van der Waals surface area (Å²) in [5.41, 5.74) is 5.71. The summed E-state index contributed by atoms with van der Waals surface area (Å²) in [4.78, 5) is 22.0. The van der Waals surface area contributed by atoms with Gasteiger partial charge in [-0.1, -0.05) is 30.3 Å². The molecule has 6 heteroatoms. The summed E-state index contributed by atoms with van der Waals surface area (Å²) in [6.07, 6.45) is 0. The van der Waals surface area contributed by atoms with Crippen LogP contribution in [0.2, 0.25) is 0 Å². The summed E-state index contributed by atoms with van der Waals surface area (Å²) < 4.78 is 0. The van der Waals surface area contributed by atoms with Crippen LogP contribution >= 0.6 is 0 Å². The Balaban J connectivity index is 1.92. The second-order valence-electron chi connectivity index (χ2n) is 4.41. The number of amides is 1. The minimum absolute atomic E-state index is 0.103. The van der Waals surface area contributed by atoms with Crippen molar-refractivity contribution < 1.29 is 9.72 Å². The summed E-state index contributed by atoms with van der Waals surface area (Å²) >= 11 is 0. The van der Waals surface area contributed by atoms with Crippen molar-refractivity contribution in [2.45, 2.75) is 6.54 Å². The van der Waals surface area contributed by atoms with Crippen molar-refractivity contribution in [2.24, 2.45) is 0 Å². The summed E-state index contributed by atoms with van der Waals surface area (Å²) in [6, 6.07) is 13.8. The van der Waals surface area contributed by atoms with E-state index in [2.05, 4.69) is 5.43 Å². The number of nitro benzene ring substituents is 1. The van der Waals surface area contributed by atoms with E-state index in [0.717, 1.165) is 5.56 Å². The first-order chi connectivity index (χ1) is 9.65. The largest absolute Gasteiger partial charge is 0.296 e. The molecule has 0 aromatic heterocycles. The molecule has 1 radical (unpaired) electrons. The van der Waals surface area contributed by atoms with Gasteiger partial charge in [0.15, 0.2) is 0 Å². The van der Waals surface area contributed by atoms with E-state index in [-0.39, 0.29) is 11.3 Å². The van der Waals surface area contributed by atoms with Gasteiger partial charge in [-0.25, -0.2) is 0 Å². The molecule has 0 bridgehead atoms. The highest BCUT2D eigenvalue weighted by Gasteiger charge is 2.30. The standard InChI is InChI=1S/C14H10N3O3/c18-14-12-8-11(17(19)20)6-7-13(12)16(15-14)9-10-4-2-1-3-5-10/h1-8H,9H2. The van der Waals surface area contributed by atoms with Gasteiger partial charge in [0.2, 0.25) is 0 Å². The first-order valence-electron chi connectivity index (χ1n) is 6.01. The van der Waals surface area contributed by atoms with E-state index in [0.29, 0.717) is 12.2 Å². The van der Waals surface area contributed by atoms with E-state index in [1.807, 2.05) is 30.3 Å². The lowest BCUT2D eigenvalue weighted by atomic mass is 10.1. The fourth-order valence-electron chi connectivity index (χ4n) is 2.13. The molecule has 0 saturated heterocycles. The molecule has 3 rings (SSSR count). The molecule has 1 aliphatic heterocycles. The molecule has 99 valence electrons. The number of fused-ring (bicyclic) bond motifs is 1. The fourth-order valence-corrected chi connectivity index (χ4v) is 2.13. The van der Waals surface area contributed by atoms with E-state index in [1.165, 1.54) is 12.1 Å². The number of hydrogen-bond donors (Lipinski definition) is 0. The van der Waals surface area contributed by atoms with Gasteiger partial charge >= 0.3 is 0 Å². The number of anilines is 1. The van der Waals surface area contributed by atoms with Crippen LogP contribution in [0.15, 0.2) is 48.5 Å². The number of carbonyl (C=O) groups is 1. The quantitative estimate of drug-likeness (QED) is 0.632. The topological polar surface area (TPSA) is 77.5 Å². The van der Waals surface area contributed by atoms with Crippen LogP contribution in [0, 0.1) is 10.1 Å². The molecule has 0 aliphatic carbocycles. The van der Waals surface area contributed by atoms with Gasteiger partial charge in [0.1, 0.15) is 0 Å². The Bertz CT molecular complexity index is 685. The van der Waals surface area contributed by atoms with Crippen molar-refractivity contribution in [3.05, 3.63) is 69.8 Å². The Labute approximate surface area is 114 Å². The number of rotatable bonds is 3. The summed E-state index contributed by atoms with van der Waals surface area (Å²) in [6.45, 7) is 0.456. The van der Waals surface area contributed by atoms with Crippen molar-refractivity contribution in [3.8, 4) is 0 Å². The zero-order valence-corrected chi connectivity index (χ0v) is 10.4. The molecule has 20 heavy (non-hydrogen) atoms. The lowest BCUT2D eigenvalue weighted by Crippen LogP contribution is -2.28. The fraction of sp³-hybridized carbons (Fsp3) is 0.0714. The zero-order chi connectivity index (χ0) is 14.1. The van der Waals surface area contributed by atoms with Gasteiger partial charge in [-0.2, -0.15) is 0 Å². The SMILES string of the molecule is O=C1[N]N(Cc2ccccc2)c2ccc([N+](=O)[O-])cc21. The molecular formula is C14H10N3O3. The lowest BCUT2D eigenvalue weighted by Gasteiger charge is -2.15. The van der Waals surface area contributed by atoms with E-state index in [9.17, 15) is 14.9 Å². The third-order valence-electron chi connectivity index (χ3n) is 3.09. The summed E-state index contributed by atoms with van der Waals surface area (Å²) in [7, 11) is 0. The van der Waals surface area contributed by atoms with Gasteiger partial charge < -0.3 is 0 Å². The molecule has 2 aromatic rings. The Morgan fingerprint density at radius 1 is 1.15 bits per heavy atom. The molecule has 6 nitrogen and oxygen atoms in total. The third-order valence-corrected chi connectivity index (χ3v) is 3.09. The third kappa shape index (κ3) is 2.07. The number of benzene rings is 2. The molecule has 1 aliphatic rings. The van der Waals surface area contributed by atoms with Crippen molar-refractivity contribution in [1.82, 2.24) is 5.43 Å². The molecule has 0 spiro atoms. The number of carbonyl (C=O) groups excluding carboxylic acids is 1. The highest BCUT2D eigenvalue weighted by atomic mass is 16.6. The first kappa shape index (κ1) is 12.2. The molecule has 0 N–H and O–H groups in total. The molecule has 0 saturated carbocycles. The Morgan fingerprint density at radius 3 is 2.60 bits per heavy atom. The van der Waals surface area contributed by atoms with Crippen LogP contribution in [0.3, 0.4) is 0 Å². The lowest BCUT2D eigenvalue weighted by molar-refractivity contribution is -0.384. The Kier molecular flexibility index (Phi) is 2.83. The maximum absolute atomic E-state index is 11.8. The average Bonchev–Trinajstić information content (AvgIpc) is 2.76. The highest BCUT2D eigenvalue weighted by molar-refractivity contribution is 6.04. The molecule has 2 aromatic carbocycles. The van der Waals surface area contributed by atoms with Gasteiger partial charge in [-0.15, -0.1) is 5.43 Å². The van der Waals surface area contributed by atoms with Gasteiger partial charge in [0.25, 0.3) is 11.6 Å². The predicted molar refractivity (Wildman–Crippen MR) is 72.2 cm³/mol. The first-order valence-corrected chi connectivity index (χ1v) is 6.01. The average molecular weight is 268 g/mol. The second kappa shape index (κ2) is 4.65. The molecular weight excluding hydrogens is 258 g/mol. The van der Waals surface area contributed by atoms with Gasteiger partial charge in [0.05, 0.1) is 22.7 Å². The van der Waals surface area contributed by atoms with Crippen LogP contribution in [0.25, 0.3) is 0 Å². The second-order valence-corrected chi connectivity index (χ2v) is 4.41. The van der Waals surface area contributed by atoms with Crippen LogP contribution in [0.5, 0.6) is 0 Å². The van der Waals surface area contributed by atoms with Gasteiger partial charge in [-0.05, 0) is 11.6 Å². The van der Waals surface area contributed by atoms with E-state index >= 15 is 0 Å². The smallest absolute Gasteiger partial charge is 0.265 e. The monoisotopic (exact) mass is 268 g/mol. The van der Waals surface area contributed by atoms with E-state index in [1.54, 1.807) is 11.1 Å². The molecule has 1 heterocycles. The van der Waals surface area contributed by atoms with E-state index < -0.39 is 10.8 Å². The van der Waals surface area contributed by atoms with Crippen LogP contribution in [0.1, 0.15) is 15.9 Å².